The monoisotopic (exact) mass is 266 g/mol. The quantitative estimate of drug-likeness (QED) is 0.854. The lowest BCUT2D eigenvalue weighted by Gasteiger charge is -2.27. The molecule has 1 saturated heterocycles. The summed E-state index contributed by atoms with van der Waals surface area (Å²) in [6, 6.07) is 0. The Balaban J connectivity index is 1.85. The summed E-state index contributed by atoms with van der Waals surface area (Å²) >= 11 is 0. The number of hydrogen-bond acceptors (Lipinski definition) is 6. The molecule has 0 atom stereocenters. The Labute approximate surface area is 111 Å². The van der Waals surface area contributed by atoms with Gasteiger partial charge in [-0.1, -0.05) is 0 Å². The Morgan fingerprint density at radius 2 is 2.00 bits per heavy atom. The van der Waals surface area contributed by atoms with Crippen molar-refractivity contribution in [1.82, 2.24) is 15.3 Å². The molecule has 1 aliphatic rings. The number of hydrogen-bond donors (Lipinski definition) is 2. The number of rotatable bonds is 3. The maximum atomic E-state index is 11.5. The van der Waals surface area contributed by atoms with Gasteiger partial charge in [0.1, 0.15) is 11.7 Å². The van der Waals surface area contributed by atoms with Crippen LogP contribution in [-0.4, -0.2) is 40.9 Å². The second-order valence-electron chi connectivity index (χ2n) is 5.27. The summed E-state index contributed by atoms with van der Waals surface area (Å²) in [5, 5.41) is 5.56. The van der Waals surface area contributed by atoms with Gasteiger partial charge in [0.2, 0.25) is 5.95 Å². The molecule has 0 spiro atoms. The van der Waals surface area contributed by atoms with Crippen LogP contribution in [0.5, 0.6) is 5.75 Å². The predicted octanol–water partition coefficient (Wildman–Crippen LogP) is 1.17. The summed E-state index contributed by atoms with van der Waals surface area (Å²) in [5.74, 6) is 0.773. The first kappa shape index (κ1) is 13.5. The molecule has 19 heavy (non-hydrogen) atoms. The number of aromatic nitrogens is 2. The molecular formula is C12H18N4O3. The van der Waals surface area contributed by atoms with Crippen molar-refractivity contribution in [3.63, 3.8) is 0 Å². The van der Waals surface area contributed by atoms with Crippen molar-refractivity contribution in [2.75, 3.05) is 18.4 Å². The topological polar surface area (TPSA) is 85.4 Å². The van der Waals surface area contributed by atoms with Crippen LogP contribution < -0.4 is 15.4 Å². The lowest BCUT2D eigenvalue weighted by atomic mass is 10.2. The molecule has 2 rings (SSSR count). The van der Waals surface area contributed by atoms with E-state index in [2.05, 4.69) is 20.6 Å². The van der Waals surface area contributed by atoms with E-state index in [1.54, 1.807) is 20.8 Å². The van der Waals surface area contributed by atoms with Crippen LogP contribution in [0, 0.1) is 0 Å². The van der Waals surface area contributed by atoms with Gasteiger partial charge in [-0.3, -0.25) is 5.32 Å². The van der Waals surface area contributed by atoms with Crippen LogP contribution in [0.2, 0.25) is 0 Å². The second-order valence-corrected chi connectivity index (χ2v) is 5.27. The fourth-order valence-electron chi connectivity index (χ4n) is 1.37. The van der Waals surface area contributed by atoms with Crippen molar-refractivity contribution in [2.45, 2.75) is 32.5 Å². The average molecular weight is 266 g/mol. The fourth-order valence-corrected chi connectivity index (χ4v) is 1.37. The van der Waals surface area contributed by atoms with Gasteiger partial charge >= 0.3 is 6.09 Å². The van der Waals surface area contributed by atoms with Crippen LogP contribution in [0.4, 0.5) is 10.7 Å². The van der Waals surface area contributed by atoms with Crippen molar-refractivity contribution in [3.8, 4) is 5.75 Å². The average Bonchev–Trinajstić information content (AvgIpc) is 2.23. The zero-order chi connectivity index (χ0) is 13.9. The van der Waals surface area contributed by atoms with Crippen molar-refractivity contribution >= 4 is 12.0 Å². The minimum Gasteiger partial charge on any atom is -0.485 e. The van der Waals surface area contributed by atoms with Crippen molar-refractivity contribution in [3.05, 3.63) is 12.4 Å². The molecule has 0 unspecified atom stereocenters. The number of ether oxygens (including phenoxy) is 2. The van der Waals surface area contributed by atoms with Crippen LogP contribution in [0.1, 0.15) is 20.8 Å². The predicted molar refractivity (Wildman–Crippen MR) is 69.2 cm³/mol. The van der Waals surface area contributed by atoms with E-state index in [1.165, 1.54) is 12.4 Å². The Kier molecular flexibility index (Phi) is 3.84. The first-order valence-corrected chi connectivity index (χ1v) is 6.12. The third-order valence-electron chi connectivity index (χ3n) is 2.29. The van der Waals surface area contributed by atoms with E-state index in [0.29, 0.717) is 5.75 Å². The second kappa shape index (κ2) is 5.40. The molecule has 104 valence electrons. The van der Waals surface area contributed by atoms with Gasteiger partial charge in [-0.15, -0.1) is 0 Å². The van der Waals surface area contributed by atoms with Crippen LogP contribution >= 0.6 is 0 Å². The zero-order valence-electron chi connectivity index (χ0n) is 11.3. The lowest BCUT2D eigenvalue weighted by molar-refractivity contribution is 0.0634. The molecule has 0 saturated carbocycles. The Morgan fingerprint density at radius 3 is 2.47 bits per heavy atom. The van der Waals surface area contributed by atoms with Crippen molar-refractivity contribution in [2.24, 2.45) is 0 Å². The first-order valence-electron chi connectivity index (χ1n) is 6.12. The van der Waals surface area contributed by atoms with Crippen LogP contribution in [0.25, 0.3) is 0 Å². The van der Waals surface area contributed by atoms with Crippen LogP contribution in [-0.2, 0) is 4.74 Å². The van der Waals surface area contributed by atoms with Crippen LogP contribution in [0.3, 0.4) is 0 Å². The Bertz CT molecular complexity index is 437. The molecule has 7 nitrogen and oxygen atoms in total. The summed E-state index contributed by atoms with van der Waals surface area (Å²) < 4.78 is 10.7. The van der Waals surface area contributed by atoms with Gasteiger partial charge in [0.25, 0.3) is 0 Å². The number of carbonyl (C=O) groups excluding carboxylic acids is 1. The van der Waals surface area contributed by atoms with Gasteiger partial charge in [0.15, 0.2) is 5.75 Å². The van der Waals surface area contributed by atoms with Gasteiger partial charge in [0.05, 0.1) is 12.4 Å². The molecule has 0 aliphatic carbocycles. The number of nitrogens with one attached hydrogen (secondary N) is 2. The highest BCUT2D eigenvalue weighted by molar-refractivity contribution is 5.82. The molecule has 2 heterocycles. The maximum absolute atomic E-state index is 11.5. The van der Waals surface area contributed by atoms with E-state index < -0.39 is 11.7 Å². The van der Waals surface area contributed by atoms with Crippen molar-refractivity contribution in [1.29, 1.82) is 0 Å². The van der Waals surface area contributed by atoms with E-state index >= 15 is 0 Å². The van der Waals surface area contributed by atoms with Gasteiger partial charge in [-0.2, -0.15) is 0 Å². The molecule has 1 amide bonds. The van der Waals surface area contributed by atoms with Crippen molar-refractivity contribution < 1.29 is 14.3 Å². The minimum absolute atomic E-state index is 0.174. The van der Waals surface area contributed by atoms with E-state index in [-0.39, 0.29) is 12.1 Å². The van der Waals surface area contributed by atoms with Crippen LogP contribution in [0.15, 0.2) is 12.4 Å². The van der Waals surface area contributed by atoms with E-state index in [9.17, 15) is 4.79 Å². The van der Waals surface area contributed by atoms with Gasteiger partial charge in [-0.25, -0.2) is 14.8 Å². The van der Waals surface area contributed by atoms with E-state index in [4.69, 9.17) is 9.47 Å². The summed E-state index contributed by atoms with van der Waals surface area (Å²) in [7, 11) is 0. The molecule has 1 aromatic rings. The first-order chi connectivity index (χ1) is 8.92. The molecule has 0 bridgehead atoms. The lowest BCUT2D eigenvalue weighted by Crippen LogP contribution is -2.50. The molecule has 2 N–H and O–H groups in total. The molecule has 1 aromatic heterocycles. The Morgan fingerprint density at radius 1 is 1.37 bits per heavy atom. The number of amides is 1. The molecule has 0 radical (unpaired) electrons. The maximum Gasteiger partial charge on any atom is 0.414 e. The standard InChI is InChI=1S/C12H18N4O3/c1-12(2,3)19-11(17)16-10-14-6-9(7-15-10)18-8-4-13-5-8/h6-8,13H,4-5H2,1-3H3,(H,14,15,16,17). The summed E-state index contributed by atoms with van der Waals surface area (Å²) in [6.07, 6.45) is 2.65. The number of carbonyl (C=O) groups is 1. The highest BCUT2D eigenvalue weighted by Gasteiger charge is 2.19. The number of nitrogens with zero attached hydrogens (tertiary/aromatic N) is 2. The summed E-state index contributed by atoms with van der Waals surface area (Å²) in [6.45, 7) is 7.03. The third-order valence-corrected chi connectivity index (χ3v) is 2.29. The minimum atomic E-state index is -0.579. The summed E-state index contributed by atoms with van der Waals surface area (Å²) in [5.41, 5.74) is -0.551. The van der Waals surface area contributed by atoms with Gasteiger partial charge in [-0.05, 0) is 20.8 Å². The third kappa shape index (κ3) is 4.36. The van der Waals surface area contributed by atoms with E-state index in [0.717, 1.165) is 13.1 Å². The van der Waals surface area contributed by atoms with E-state index in [1.807, 2.05) is 0 Å². The molecule has 7 heteroatoms. The molecule has 1 aliphatic heterocycles. The molecule has 1 fully saturated rings. The molecule has 0 aromatic carbocycles. The normalized spacial score (nSPS) is 15.5. The highest BCUT2D eigenvalue weighted by Crippen LogP contribution is 2.13. The molecular weight excluding hydrogens is 248 g/mol. The smallest absolute Gasteiger partial charge is 0.414 e. The SMILES string of the molecule is CC(C)(C)OC(=O)Nc1ncc(OC2CNC2)cn1. The zero-order valence-corrected chi connectivity index (χ0v) is 11.3. The largest absolute Gasteiger partial charge is 0.485 e. The fraction of sp³-hybridized carbons (Fsp3) is 0.583. The Hall–Kier alpha value is -1.89. The summed E-state index contributed by atoms with van der Waals surface area (Å²) in [4.78, 5) is 19.5. The van der Waals surface area contributed by atoms with Gasteiger partial charge < -0.3 is 14.8 Å². The number of anilines is 1. The van der Waals surface area contributed by atoms with Gasteiger partial charge in [0, 0.05) is 13.1 Å². The highest BCUT2D eigenvalue weighted by atomic mass is 16.6.